The Balaban J connectivity index is 2.65. The SMILES string of the molecule is CC(C)(C)OC(=O)NC(CCc1ccccc1)CS(N)(=O)=O. The quantitative estimate of drug-likeness (QED) is 0.832. The number of amides is 1. The summed E-state index contributed by atoms with van der Waals surface area (Å²) in [6, 6.07) is 9.02. The molecule has 0 saturated heterocycles. The summed E-state index contributed by atoms with van der Waals surface area (Å²) in [6.07, 6.45) is 0.450. The van der Waals surface area contributed by atoms with E-state index in [4.69, 9.17) is 9.88 Å². The molecule has 7 heteroatoms. The van der Waals surface area contributed by atoms with Crippen LogP contribution in [0.5, 0.6) is 0 Å². The van der Waals surface area contributed by atoms with Crippen molar-refractivity contribution >= 4 is 16.1 Å². The topological polar surface area (TPSA) is 98.5 Å². The van der Waals surface area contributed by atoms with E-state index in [0.717, 1.165) is 5.56 Å². The predicted molar refractivity (Wildman–Crippen MR) is 85.9 cm³/mol. The van der Waals surface area contributed by atoms with Gasteiger partial charge in [0.15, 0.2) is 0 Å². The first kappa shape index (κ1) is 18.4. The minimum atomic E-state index is -3.69. The lowest BCUT2D eigenvalue weighted by Gasteiger charge is -2.23. The Labute approximate surface area is 132 Å². The number of benzene rings is 1. The third kappa shape index (κ3) is 8.63. The van der Waals surface area contributed by atoms with Crippen LogP contribution >= 0.6 is 0 Å². The molecule has 1 aromatic carbocycles. The van der Waals surface area contributed by atoms with Crippen molar-refractivity contribution < 1.29 is 17.9 Å². The first-order valence-electron chi connectivity index (χ1n) is 7.09. The van der Waals surface area contributed by atoms with Crippen LogP contribution in [0.15, 0.2) is 30.3 Å². The molecular weight excluding hydrogens is 304 g/mol. The first-order chi connectivity index (χ1) is 10.1. The molecule has 0 saturated carbocycles. The maximum absolute atomic E-state index is 11.8. The van der Waals surface area contributed by atoms with Crippen LogP contribution in [-0.4, -0.2) is 31.9 Å². The normalized spacial score (nSPS) is 13.5. The molecule has 0 radical (unpaired) electrons. The zero-order chi connectivity index (χ0) is 16.8. The number of hydrogen-bond acceptors (Lipinski definition) is 4. The largest absolute Gasteiger partial charge is 0.444 e. The highest BCUT2D eigenvalue weighted by atomic mass is 32.2. The van der Waals surface area contributed by atoms with E-state index in [2.05, 4.69) is 5.32 Å². The minimum Gasteiger partial charge on any atom is -0.444 e. The lowest BCUT2D eigenvalue weighted by atomic mass is 10.1. The van der Waals surface area contributed by atoms with Gasteiger partial charge in [0.1, 0.15) is 5.60 Å². The Bertz CT molecular complexity index is 579. The number of rotatable bonds is 6. The molecule has 1 rings (SSSR count). The minimum absolute atomic E-state index is 0.320. The van der Waals surface area contributed by atoms with E-state index < -0.39 is 27.8 Å². The molecule has 0 bridgehead atoms. The van der Waals surface area contributed by atoms with Crippen LogP contribution in [0.2, 0.25) is 0 Å². The van der Waals surface area contributed by atoms with Crippen LogP contribution < -0.4 is 10.5 Å². The first-order valence-corrected chi connectivity index (χ1v) is 8.80. The molecule has 0 spiro atoms. The van der Waals surface area contributed by atoms with Crippen LogP contribution in [0.25, 0.3) is 0 Å². The summed E-state index contributed by atoms with van der Waals surface area (Å²) in [5.74, 6) is -0.320. The fourth-order valence-corrected chi connectivity index (χ4v) is 2.75. The molecule has 1 atom stereocenters. The lowest BCUT2D eigenvalue weighted by Crippen LogP contribution is -2.44. The van der Waals surface area contributed by atoms with Crippen LogP contribution in [0.4, 0.5) is 4.79 Å². The van der Waals surface area contributed by atoms with Crippen LogP contribution in [0.1, 0.15) is 32.8 Å². The van der Waals surface area contributed by atoms with Crippen molar-refractivity contribution in [2.24, 2.45) is 5.14 Å². The van der Waals surface area contributed by atoms with Gasteiger partial charge in [-0.1, -0.05) is 30.3 Å². The van der Waals surface area contributed by atoms with E-state index in [9.17, 15) is 13.2 Å². The molecule has 0 fully saturated rings. The molecule has 0 aliphatic carbocycles. The average molecular weight is 328 g/mol. The third-order valence-electron chi connectivity index (χ3n) is 2.78. The second-order valence-electron chi connectivity index (χ2n) is 6.20. The fourth-order valence-electron chi connectivity index (χ4n) is 1.94. The molecule has 6 nitrogen and oxygen atoms in total. The molecule has 0 aliphatic rings. The van der Waals surface area contributed by atoms with Crippen molar-refractivity contribution in [2.45, 2.75) is 45.3 Å². The Morgan fingerprint density at radius 2 is 1.86 bits per heavy atom. The molecule has 22 heavy (non-hydrogen) atoms. The molecule has 1 amide bonds. The number of ether oxygens (including phenoxy) is 1. The highest BCUT2D eigenvalue weighted by molar-refractivity contribution is 7.89. The number of primary sulfonamides is 1. The van der Waals surface area contributed by atoms with Gasteiger partial charge in [0.05, 0.1) is 5.75 Å². The van der Waals surface area contributed by atoms with E-state index in [1.165, 1.54) is 0 Å². The van der Waals surface area contributed by atoms with Crippen molar-refractivity contribution in [3.8, 4) is 0 Å². The standard InChI is InChI=1S/C15H24N2O4S/c1-15(2,3)21-14(18)17-13(11-22(16,19)20)10-9-12-7-5-4-6-8-12/h4-8,13H,9-11H2,1-3H3,(H,17,18)(H2,16,19,20). The van der Waals surface area contributed by atoms with Crippen molar-refractivity contribution in [1.82, 2.24) is 5.32 Å². The number of carbonyl (C=O) groups excluding carboxylic acids is 1. The van der Waals surface area contributed by atoms with Crippen LogP contribution in [0.3, 0.4) is 0 Å². The number of sulfonamides is 1. The highest BCUT2D eigenvalue weighted by Crippen LogP contribution is 2.09. The van der Waals surface area contributed by atoms with Gasteiger partial charge in [-0.15, -0.1) is 0 Å². The number of hydrogen-bond donors (Lipinski definition) is 2. The van der Waals surface area contributed by atoms with Crippen molar-refractivity contribution in [1.29, 1.82) is 0 Å². The van der Waals surface area contributed by atoms with E-state index in [-0.39, 0.29) is 5.75 Å². The Hall–Kier alpha value is -1.60. The predicted octanol–water partition coefficient (Wildman–Crippen LogP) is 1.80. The second-order valence-corrected chi connectivity index (χ2v) is 7.86. The zero-order valence-corrected chi connectivity index (χ0v) is 14.0. The van der Waals surface area contributed by atoms with Gasteiger partial charge in [-0.25, -0.2) is 18.4 Å². The fraction of sp³-hybridized carbons (Fsp3) is 0.533. The van der Waals surface area contributed by atoms with Gasteiger partial charge in [0.2, 0.25) is 10.0 Å². The van der Waals surface area contributed by atoms with E-state index in [1.807, 2.05) is 30.3 Å². The van der Waals surface area contributed by atoms with E-state index in [1.54, 1.807) is 20.8 Å². The molecule has 0 aliphatic heterocycles. The highest BCUT2D eigenvalue weighted by Gasteiger charge is 2.22. The maximum Gasteiger partial charge on any atom is 0.407 e. The average Bonchev–Trinajstić information content (AvgIpc) is 2.33. The van der Waals surface area contributed by atoms with Crippen molar-refractivity contribution in [3.63, 3.8) is 0 Å². The summed E-state index contributed by atoms with van der Waals surface area (Å²) in [5, 5.41) is 7.67. The van der Waals surface area contributed by atoms with Crippen molar-refractivity contribution in [3.05, 3.63) is 35.9 Å². The van der Waals surface area contributed by atoms with Gasteiger partial charge in [-0.3, -0.25) is 0 Å². The smallest absolute Gasteiger partial charge is 0.407 e. The lowest BCUT2D eigenvalue weighted by molar-refractivity contribution is 0.0507. The summed E-state index contributed by atoms with van der Waals surface area (Å²) in [5.41, 5.74) is 0.420. The van der Waals surface area contributed by atoms with Crippen molar-refractivity contribution in [2.75, 3.05) is 5.75 Å². The van der Waals surface area contributed by atoms with Gasteiger partial charge in [-0.2, -0.15) is 0 Å². The summed E-state index contributed by atoms with van der Waals surface area (Å²) < 4.78 is 27.8. The number of aryl methyl sites for hydroxylation is 1. The Morgan fingerprint density at radius 3 is 2.36 bits per heavy atom. The molecule has 3 N–H and O–H groups in total. The number of carbonyl (C=O) groups is 1. The molecule has 0 heterocycles. The second kappa shape index (κ2) is 7.60. The Kier molecular flexibility index (Phi) is 6.37. The summed E-state index contributed by atoms with van der Waals surface area (Å²) >= 11 is 0. The summed E-state index contributed by atoms with van der Waals surface area (Å²) in [4.78, 5) is 11.8. The van der Waals surface area contributed by atoms with E-state index in [0.29, 0.717) is 12.8 Å². The number of nitrogens with two attached hydrogens (primary N) is 1. The summed E-state index contributed by atoms with van der Waals surface area (Å²) in [6.45, 7) is 5.22. The third-order valence-corrected chi connectivity index (χ3v) is 3.65. The monoisotopic (exact) mass is 328 g/mol. The van der Waals surface area contributed by atoms with Gasteiger partial charge in [-0.05, 0) is 39.2 Å². The molecule has 124 valence electrons. The van der Waals surface area contributed by atoms with E-state index >= 15 is 0 Å². The van der Waals surface area contributed by atoms with Gasteiger partial charge >= 0.3 is 6.09 Å². The van der Waals surface area contributed by atoms with Gasteiger partial charge < -0.3 is 10.1 Å². The number of alkyl carbamates (subject to hydrolysis) is 1. The molecule has 0 aromatic heterocycles. The Morgan fingerprint density at radius 1 is 1.27 bits per heavy atom. The molecule has 1 aromatic rings. The number of nitrogens with one attached hydrogen (secondary N) is 1. The van der Waals surface area contributed by atoms with Gasteiger partial charge in [0.25, 0.3) is 0 Å². The summed E-state index contributed by atoms with van der Waals surface area (Å²) in [7, 11) is -3.69. The van der Waals surface area contributed by atoms with Gasteiger partial charge in [0, 0.05) is 6.04 Å². The van der Waals surface area contributed by atoms with Crippen LogP contribution in [-0.2, 0) is 21.2 Å². The van der Waals surface area contributed by atoms with Crippen LogP contribution in [0, 0.1) is 0 Å². The maximum atomic E-state index is 11.8. The molecule has 1 unspecified atom stereocenters. The zero-order valence-electron chi connectivity index (χ0n) is 13.2. The molecular formula is C15H24N2O4S.